The summed E-state index contributed by atoms with van der Waals surface area (Å²) in [5.41, 5.74) is 0.557. The van der Waals surface area contributed by atoms with Crippen molar-refractivity contribution in [3.05, 3.63) is 65.7 Å². The monoisotopic (exact) mass is 577 g/mol. The quantitative estimate of drug-likeness (QED) is 0.369. The van der Waals surface area contributed by atoms with E-state index >= 15 is 0 Å². The number of nitrogens with zero attached hydrogens (tertiary/aromatic N) is 1. The first-order valence-electron chi connectivity index (χ1n) is 15.0. The molecule has 9 nitrogen and oxygen atoms in total. The van der Waals surface area contributed by atoms with Crippen molar-refractivity contribution in [1.82, 2.24) is 15.5 Å². The Bertz CT molecular complexity index is 1230. The Morgan fingerprint density at radius 3 is 2.21 bits per heavy atom. The summed E-state index contributed by atoms with van der Waals surface area (Å²) in [6.07, 6.45) is 5.39. The highest BCUT2D eigenvalue weighted by Gasteiger charge is 2.40. The number of hydrogen-bond acceptors (Lipinski definition) is 6. The molecular weight excluding hydrogens is 534 g/mol. The predicted octanol–water partition coefficient (Wildman–Crippen LogP) is 4.77. The average Bonchev–Trinajstić information content (AvgIpc) is 3.47. The van der Waals surface area contributed by atoms with Gasteiger partial charge in [0.15, 0.2) is 5.78 Å². The first-order valence-corrected chi connectivity index (χ1v) is 15.0. The maximum Gasteiger partial charge on any atom is 0.410 e. The van der Waals surface area contributed by atoms with Gasteiger partial charge >= 0.3 is 6.09 Å². The second-order valence-electron chi connectivity index (χ2n) is 12.4. The smallest absolute Gasteiger partial charge is 0.410 e. The number of carbonyl (C=O) groups excluding carboxylic acids is 4. The fraction of sp³-hybridized carbons (Fsp3) is 0.515. The fourth-order valence-corrected chi connectivity index (χ4v) is 5.83. The number of carbonyl (C=O) groups is 4. The number of phenolic OH excluding ortho intramolecular Hbond substituents is 1. The molecule has 2 aromatic carbocycles. The Balaban J connectivity index is 1.55. The van der Waals surface area contributed by atoms with Crippen molar-refractivity contribution >= 4 is 23.7 Å². The lowest BCUT2D eigenvalue weighted by Gasteiger charge is -2.33. The van der Waals surface area contributed by atoms with Gasteiger partial charge in [-0.3, -0.25) is 19.3 Å². The van der Waals surface area contributed by atoms with Crippen LogP contribution >= 0.6 is 0 Å². The van der Waals surface area contributed by atoms with E-state index in [2.05, 4.69) is 10.6 Å². The van der Waals surface area contributed by atoms with Gasteiger partial charge in [0.1, 0.15) is 23.4 Å². The minimum atomic E-state index is -0.878. The van der Waals surface area contributed by atoms with Gasteiger partial charge in [-0.2, -0.15) is 0 Å². The Morgan fingerprint density at radius 1 is 0.905 bits per heavy atom. The molecule has 0 radical (unpaired) electrons. The number of rotatable bonds is 9. The van der Waals surface area contributed by atoms with E-state index in [0.717, 1.165) is 37.7 Å². The molecule has 3 unspecified atom stereocenters. The molecule has 42 heavy (non-hydrogen) atoms. The van der Waals surface area contributed by atoms with E-state index in [-0.39, 0.29) is 29.8 Å². The second-order valence-corrected chi connectivity index (χ2v) is 12.4. The van der Waals surface area contributed by atoms with Crippen molar-refractivity contribution in [3.63, 3.8) is 0 Å². The number of phenols is 1. The van der Waals surface area contributed by atoms with E-state index in [1.54, 1.807) is 69.3 Å². The van der Waals surface area contributed by atoms with Gasteiger partial charge < -0.3 is 20.5 Å². The number of ether oxygens (including phenoxy) is 1. The molecule has 9 heteroatoms. The maximum absolute atomic E-state index is 14.0. The number of hydrogen-bond donors (Lipinski definition) is 3. The molecule has 0 spiro atoms. The number of ketones is 1. The van der Waals surface area contributed by atoms with Crippen LogP contribution in [0.3, 0.4) is 0 Å². The van der Waals surface area contributed by atoms with Crippen molar-refractivity contribution in [2.45, 2.75) is 95.9 Å². The highest BCUT2D eigenvalue weighted by atomic mass is 16.6. The fourth-order valence-electron chi connectivity index (χ4n) is 5.83. The second kappa shape index (κ2) is 13.9. The highest BCUT2D eigenvalue weighted by Crippen LogP contribution is 2.28. The first-order chi connectivity index (χ1) is 20.0. The molecule has 1 saturated carbocycles. The number of nitrogens with one attached hydrogen (secondary N) is 2. The molecule has 0 aromatic heterocycles. The zero-order valence-electron chi connectivity index (χ0n) is 24.8. The van der Waals surface area contributed by atoms with Crippen LogP contribution in [0.5, 0.6) is 5.75 Å². The molecule has 3 atom stereocenters. The SMILES string of the molecule is CC(C)(C)OC(=O)N1CCCC1C(=O)NC(C(=O)NC(Cc1ccc(O)cc1)C(=O)c1ccccc1)C1CCCCC1. The van der Waals surface area contributed by atoms with E-state index in [1.807, 2.05) is 6.07 Å². The van der Waals surface area contributed by atoms with Gasteiger partial charge in [0, 0.05) is 18.5 Å². The number of benzene rings is 2. The number of Topliss-reactive ketones (excluding diaryl/α,β-unsaturated/α-hetero) is 1. The summed E-state index contributed by atoms with van der Waals surface area (Å²) in [5, 5.41) is 15.7. The summed E-state index contributed by atoms with van der Waals surface area (Å²) >= 11 is 0. The van der Waals surface area contributed by atoms with Gasteiger partial charge in [0.2, 0.25) is 11.8 Å². The van der Waals surface area contributed by atoms with Gasteiger partial charge in [-0.25, -0.2) is 4.79 Å². The van der Waals surface area contributed by atoms with Crippen LogP contribution < -0.4 is 10.6 Å². The van der Waals surface area contributed by atoms with Gasteiger partial charge in [-0.1, -0.05) is 61.7 Å². The van der Waals surface area contributed by atoms with Gasteiger partial charge in [-0.15, -0.1) is 0 Å². The van der Waals surface area contributed by atoms with Gasteiger partial charge in [0.25, 0.3) is 0 Å². The highest BCUT2D eigenvalue weighted by molar-refractivity contribution is 6.03. The number of likely N-dealkylation sites (tertiary alicyclic amines) is 1. The predicted molar refractivity (Wildman–Crippen MR) is 159 cm³/mol. The van der Waals surface area contributed by atoms with E-state index in [4.69, 9.17) is 4.74 Å². The Morgan fingerprint density at radius 2 is 1.57 bits per heavy atom. The third kappa shape index (κ3) is 8.33. The molecule has 4 rings (SSSR count). The largest absolute Gasteiger partial charge is 0.508 e. The zero-order valence-corrected chi connectivity index (χ0v) is 24.8. The summed E-state index contributed by atoms with van der Waals surface area (Å²) in [6.45, 7) is 5.76. The summed E-state index contributed by atoms with van der Waals surface area (Å²) in [7, 11) is 0. The zero-order chi connectivity index (χ0) is 30.3. The van der Waals surface area contributed by atoms with Gasteiger partial charge in [-0.05, 0) is 70.1 Å². The van der Waals surface area contributed by atoms with Crippen LogP contribution in [0.2, 0.25) is 0 Å². The maximum atomic E-state index is 14.0. The number of aromatic hydroxyl groups is 1. The first kappa shape index (κ1) is 31.1. The molecule has 0 bridgehead atoms. The molecule has 1 aliphatic heterocycles. The summed E-state index contributed by atoms with van der Waals surface area (Å²) < 4.78 is 5.53. The Kier molecular flexibility index (Phi) is 10.2. The van der Waals surface area contributed by atoms with Crippen LogP contribution in [0, 0.1) is 5.92 Å². The van der Waals surface area contributed by atoms with Crippen LogP contribution in [-0.4, -0.2) is 64.0 Å². The summed E-state index contributed by atoms with van der Waals surface area (Å²) in [6, 6.07) is 12.9. The standard InChI is InChI=1S/C33H43N3O6/c1-33(2,3)42-32(41)36-20-10-15-27(36)30(39)35-28(23-11-6-4-7-12-23)31(40)34-26(21-22-16-18-25(37)19-17-22)29(38)24-13-8-5-9-14-24/h5,8-9,13-14,16-19,23,26-28,37H,4,6-7,10-12,15,20-21H2,1-3H3,(H,34,40)(H,35,39). The summed E-state index contributed by atoms with van der Waals surface area (Å²) in [5.74, 6) is -1.00. The van der Waals surface area contributed by atoms with Crippen LogP contribution in [-0.2, 0) is 20.7 Å². The van der Waals surface area contributed by atoms with E-state index in [9.17, 15) is 24.3 Å². The van der Waals surface area contributed by atoms with Crippen molar-refractivity contribution in [2.24, 2.45) is 5.92 Å². The topological polar surface area (TPSA) is 125 Å². The lowest BCUT2D eigenvalue weighted by Crippen LogP contribution is -2.58. The van der Waals surface area contributed by atoms with Crippen molar-refractivity contribution in [1.29, 1.82) is 0 Å². The van der Waals surface area contributed by atoms with Gasteiger partial charge in [0.05, 0.1) is 6.04 Å². The third-order valence-corrected chi connectivity index (χ3v) is 7.95. The van der Waals surface area contributed by atoms with Crippen LogP contribution in [0.4, 0.5) is 4.79 Å². The molecule has 226 valence electrons. The van der Waals surface area contributed by atoms with E-state index in [0.29, 0.717) is 24.9 Å². The van der Waals surface area contributed by atoms with Crippen LogP contribution in [0.25, 0.3) is 0 Å². The normalized spacial score (nSPS) is 19.0. The lowest BCUT2D eigenvalue weighted by atomic mass is 9.83. The lowest BCUT2D eigenvalue weighted by molar-refractivity contribution is -0.133. The molecule has 1 saturated heterocycles. The Hall–Kier alpha value is -3.88. The molecule has 1 heterocycles. The molecule has 1 aliphatic carbocycles. The molecule has 2 fully saturated rings. The van der Waals surface area contributed by atoms with Crippen molar-refractivity contribution < 1.29 is 29.0 Å². The van der Waals surface area contributed by atoms with E-state index in [1.165, 1.54) is 4.90 Å². The van der Waals surface area contributed by atoms with Crippen LogP contribution in [0.1, 0.15) is 81.6 Å². The average molecular weight is 578 g/mol. The van der Waals surface area contributed by atoms with Crippen molar-refractivity contribution in [2.75, 3.05) is 6.54 Å². The number of amides is 3. The van der Waals surface area contributed by atoms with E-state index < -0.39 is 35.7 Å². The molecule has 3 amide bonds. The Labute approximate surface area is 248 Å². The van der Waals surface area contributed by atoms with Crippen LogP contribution in [0.15, 0.2) is 54.6 Å². The molecule has 3 N–H and O–H groups in total. The molecular formula is C33H43N3O6. The minimum Gasteiger partial charge on any atom is -0.508 e. The molecule has 2 aliphatic rings. The molecule has 2 aromatic rings. The van der Waals surface area contributed by atoms with Crippen molar-refractivity contribution in [3.8, 4) is 5.75 Å². The summed E-state index contributed by atoms with van der Waals surface area (Å²) in [4.78, 5) is 55.5. The minimum absolute atomic E-state index is 0.0831. The third-order valence-electron chi connectivity index (χ3n) is 7.95.